The van der Waals surface area contributed by atoms with E-state index in [1.54, 1.807) is 6.92 Å². The van der Waals surface area contributed by atoms with Crippen molar-refractivity contribution in [2.24, 2.45) is 0 Å². The number of carbonyl (C=O) groups is 1. The summed E-state index contributed by atoms with van der Waals surface area (Å²) in [4.78, 5) is 10.5. The molecule has 74 valence electrons. The summed E-state index contributed by atoms with van der Waals surface area (Å²) in [7, 11) is 1.45. The van der Waals surface area contributed by atoms with Crippen LogP contribution in [-0.2, 0) is 14.3 Å². The van der Waals surface area contributed by atoms with Crippen LogP contribution in [-0.4, -0.2) is 30.6 Å². The zero-order valence-electron chi connectivity index (χ0n) is 7.82. The first-order valence-corrected chi connectivity index (χ1v) is 3.75. The van der Waals surface area contributed by atoms with Gasteiger partial charge in [-0.1, -0.05) is 13.2 Å². The molecule has 4 nitrogen and oxygen atoms in total. The first-order chi connectivity index (χ1) is 6.02. The van der Waals surface area contributed by atoms with E-state index in [-0.39, 0.29) is 5.57 Å². The number of carboxylic acid groups (broad SMARTS) is 1. The Hall–Kier alpha value is -1.13. The molecule has 2 atom stereocenters. The topological polar surface area (TPSA) is 55.8 Å². The normalized spacial score (nSPS) is 14.6. The lowest BCUT2D eigenvalue weighted by Crippen LogP contribution is -2.24. The van der Waals surface area contributed by atoms with E-state index >= 15 is 0 Å². The van der Waals surface area contributed by atoms with Crippen molar-refractivity contribution in [2.75, 3.05) is 7.11 Å². The molecule has 0 rings (SSSR count). The molecule has 0 heterocycles. The second-order valence-corrected chi connectivity index (χ2v) is 2.45. The molecule has 0 spiro atoms. The second kappa shape index (κ2) is 5.50. The fourth-order valence-electron chi connectivity index (χ4n) is 0.665. The molecule has 1 N–H and O–H groups in total. The van der Waals surface area contributed by atoms with E-state index < -0.39 is 18.4 Å². The molecule has 0 aromatic heterocycles. The molecule has 0 aromatic carbocycles. The van der Waals surface area contributed by atoms with E-state index in [0.717, 1.165) is 0 Å². The minimum atomic E-state index is -1.08. The summed E-state index contributed by atoms with van der Waals surface area (Å²) in [5.41, 5.74) is -0.0103. The summed E-state index contributed by atoms with van der Waals surface area (Å²) in [5, 5.41) is 8.56. The Labute approximate surface area is 77.5 Å². The highest BCUT2D eigenvalue weighted by molar-refractivity contribution is 5.86. The molecule has 2 unspecified atom stereocenters. The van der Waals surface area contributed by atoms with Gasteiger partial charge in [0.05, 0.1) is 11.7 Å². The van der Waals surface area contributed by atoms with E-state index in [0.29, 0.717) is 0 Å². The summed E-state index contributed by atoms with van der Waals surface area (Å²) in [5.74, 6) is -1.08. The summed E-state index contributed by atoms with van der Waals surface area (Å²) >= 11 is 0. The van der Waals surface area contributed by atoms with Crippen molar-refractivity contribution in [3.63, 3.8) is 0 Å². The highest BCUT2D eigenvalue weighted by Gasteiger charge is 2.16. The number of rotatable bonds is 6. The average Bonchev–Trinajstić information content (AvgIpc) is 2.12. The first kappa shape index (κ1) is 11.9. The van der Waals surface area contributed by atoms with Crippen molar-refractivity contribution in [3.05, 3.63) is 24.8 Å². The summed E-state index contributed by atoms with van der Waals surface area (Å²) in [6, 6.07) is 0. The number of hydrogen-bond acceptors (Lipinski definition) is 3. The van der Waals surface area contributed by atoms with Gasteiger partial charge < -0.3 is 14.6 Å². The summed E-state index contributed by atoms with van der Waals surface area (Å²) in [6.07, 6.45) is 0.234. The SMILES string of the molecule is C=CC(OC)OC(C)C(=C)C(=O)O. The molecule has 0 saturated carbocycles. The zero-order chi connectivity index (χ0) is 10.4. The lowest BCUT2D eigenvalue weighted by Gasteiger charge is -2.18. The Morgan fingerprint density at radius 3 is 2.46 bits per heavy atom. The van der Waals surface area contributed by atoms with Gasteiger partial charge >= 0.3 is 5.97 Å². The van der Waals surface area contributed by atoms with Gasteiger partial charge in [-0.15, -0.1) is 0 Å². The van der Waals surface area contributed by atoms with Crippen molar-refractivity contribution >= 4 is 5.97 Å². The third-order valence-electron chi connectivity index (χ3n) is 1.53. The molecule has 0 bridgehead atoms. The monoisotopic (exact) mass is 186 g/mol. The molecule has 0 radical (unpaired) electrons. The van der Waals surface area contributed by atoms with Gasteiger partial charge in [0.15, 0.2) is 6.29 Å². The van der Waals surface area contributed by atoms with Crippen LogP contribution in [0.2, 0.25) is 0 Å². The number of methoxy groups -OCH3 is 1. The van der Waals surface area contributed by atoms with E-state index in [1.165, 1.54) is 13.2 Å². The fraction of sp³-hybridized carbons (Fsp3) is 0.444. The standard InChI is InChI=1S/C9H14O4/c1-5-8(12-4)13-7(3)6(2)9(10)11/h5,7-8H,1-2H2,3-4H3,(H,10,11). The Balaban J connectivity index is 4.12. The van der Waals surface area contributed by atoms with Crippen LogP contribution >= 0.6 is 0 Å². The van der Waals surface area contributed by atoms with Gasteiger partial charge in [0, 0.05) is 7.11 Å². The molecule has 0 amide bonds. The largest absolute Gasteiger partial charge is 0.478 e. The molecule has 13 heavy (non-hydrogen) atoms. The lowest BCUT2D eigenvalue weighted by molar-refractivity contribution is -0.139. The molecule has 0 aliphatic carbocycles. The van der Waals surface area contributed by atoms with Crippen LogP contribution in [0.1, 0.15) is 6.92 Å². The van der Waals surface area contributed by atoms with Crippen LogP contribution in [0.15, 0.2) is 24.8 Å². The van der Waals surface area contributed by atoms with Gasteiger partial charge in [0.25, 0.3) is 0 Å². The average molecular weight is 186 g/mol. The molecule has 0 aliphatic rings. The Morgan fingerprint density at radius 2 is 2.15 bits per heavy atom. The van der Waals surface area contributed by atoms with Crippen LogP contribution in [0.25, 0.3) is 0 Å². The zero-order valence-corrected chi connectivity index (χ0v) is 7.82. The van der Waals surface area contributed by atoms with Crippen LogP contribution in [0, 0.1) is 0 Å². The lowest BCUT2D eigenvalue weighted by atomic mass is 10.2. The number of carboxylic acids is 1. The van der Waals surface area contributed by atoms with Gasteiger partial charge in [0.1, 0.15) is 0 Å². The molecular weight excluding hydrogens is 172 g/mol. The maximum Gasteiger partial charge on any atom is 0.333 e. The third-order valence-corrected chi connectivity index (χ3v) is 1.53. The van der Waals surface area contributed by atoms with Gasteiger partial charge in [-0.05, 0) is 13.0 Å². The van der Waals surface area contributed by atoms with E-state index in [9.17, 15) is 4.79 Å². The van der Waals surface area contributed by atoms with Crippen molar-refractivity contribution in [2.45, 2.75) is 19.3 Å². The molecule has 0 aliphatic heterocycles. The fourth-order valence-corrected chi connectivity index (χ4v) is 0.665. The maximum absolute atomic E-state index is 10.5. The van der Waals surface area contributed by atoms with Gasteiger partial charge in [-0.2, -0.15) is 0 Å². The van der Waals surface area contributed by atoms with E-state index in [2.05, 4.69) is 13.2 Å². The summed E-state index contributed by atoms with van der Waals surface area (Å²) < 4.78 is 9.98. The van der Waals surface area contributed by atoms with Crippen LogP contribution in [0.5, 0.6) is 0 Å². The van der Waals surface area contributed by atoms with Crippen LogP contribution < -0.4 is 0 Å². The molecule has 0 fully saturated rings. The smallest absolute Gasteiger partial charge is 0.333 e. The van der Waals surface area contributed by atoms with Crippen LogP contribution in [0.3, 0.4) is 0 Å². The maximum atomic E-state index is 10.5. The molecular formula is C9H14O4. The van der Waals surface area contributed by atoms with Crippen molar-refractivity contribution in [3.8, 4) is 0 Å². The van der Waals surface area contributed by atoms with E-state index in [4.69, 9.17) is 14.6 Å². The second-order valence-electron chi connectivity index (χ2n) is 2.45. The van der Waals surface area contributed by atoms with Gasteiger partial charge in [0.2, 0.25) is 0 Å². The van der Waals surface area contributed by atoms with Crippen LogP contribution in [0.4, 0.5) is 0 Å². The Bertz CT molecular complexity index is 210. The molecule has 4 heteroatoms. The number of ether oxygens (including phenoxy) is 2. The predicted molar refractivity (Wildman–Crippen MR) is 48.3 cm³/mol. The highest BCUT2D eigenvalue weighted by Crippen LogP contribution is 2.08. The third kappa shape index (κ3) is 3.87. The number of hydrogen-bond donors (Lipinski definition) is 1. The van der Waals surface area contributed by atoms with Gasteiger partial charge in [-0.25, -0.2) is 4.79 Å². The van der Waals surface area contributed by atoms with Crippen molar-refractivity contribution in [1.29, 1.82) is 0 Å². The Morgan fingerprint density at radius 1 is 1.62 bits per heavy atom. The highest BCUT2D eigenvalue weighted by atomic mass is 16.7. The van der Waals surface area contributed by atoms with Crippen molar-refractivity contribution < 1.29 is 19.4 Å². The Kier molecular flexibility index (Phi) is 5.03. The molecule has 0 aromatic rings. The summed E-state index contributed by atoms with van der Waals surface area (Å²) in [6.45, 7) is 8.41. The minimum absolute atomic E-state index is 0.0103. The van der Waals surface area contributed by atoms with Gasteiger partial charge in [-0.3, -0.25) is 0 Å². The van der Waals surface area contributed by atoms with Crippen molar-refractivity contribution in [1.82, 2.24) is 0 Å². The first-order valence-electron chi connectivity index (χ1n) is 3.75. The molecule has 0 saturated heterocycles. The quantitative estimate of drug-likeness (QED) is 0.384. The van der Waals surface area contributed by atoms with E-state index in [1.807, 2.05) is 0 Å². The number of aliphatic carboxylic acids is 1. The minimum Gasteiger partial charge on any atom is -0.478 e. The predicted octanol–water partition coefficient (Wildman–Crippen LogP) is 1.19.